The van der Waals surface area contributed by atoms with Crippen molar-refractivity contribution < 1.29 is 9.59 Å². The molecule has 1 fully saturated rings. The van der Waals surface area contributed by atoms with Gasteiger partial charge in [-0.05, 0) is 31.9 Å². The predicted octanol–water partition coefficient (Wildman–Crippen LogP) is 3.09. The summed E-state index contributed by atoms with van der Waals surface area (Å²) in [5, 5.41) is 3.13. The number of Topliss-reactive ketones (excluding diaryl/α,β-unsaturated/α-hetero) is 1. The topological polar surface area (TPSA) is 49.4 Å². The third-order valence-corrected chi connectivity index (χ3v) is 3.92. The number of amides is 1. The standard InChI is InChI=1S/C17H24N2O2/c1-14(20)15-8-7-9-16(12-15)18-13-17(21)19-10-5-3-2-4-6-11-19/h7-9,12,18H,2-6,10-11,13H2,1H3. The van der Waals surface area contributed by atoms with Gasteiger partial charge in [0, 0.05) is 24.3 Å². The third kappa shape index (κ3) is 4.88. The van der Waals surface area contributed by atoms with Gasteiger partial charge in [-0.15, -0.1) is 0 Å². The van der Waals surface area contributed by atoms with E-state index in [0.29, 0.717) is 12.1 Å². The molecule has 0 aliphatic carbocycles. The Bertz CT molecular complexity index is 491. The smallest absolute Gasteiger partial charge is 0.241 e. The Kier molecular flexibility index (Phi) is 5.78. The van der Waals surface area contributed by atoms with E-state index in [1.54, 1.807) is 19.1 Å². The Hall–Kier alpha value is -1.84. The average Bonchev–Trinajstić information content (AvgIpc) is 2.44. The molecule has 1 aromatic rings. The van der Waals surface area contributed by atoms with E-state index < -0.39 is 0 Å². The molecule has 1 saturated heterocycles. The van der Waals surface area contributed by atoms with Gasteiger partial charge in [-0.2, -0.15) is 0 Å². The molecule has 1 aliphatic heterocycles. The second kappa shape index (κ2) is 7.81. The van der Waals surface area contributed by atoms with E-state index in [-0.39, 0.29) is 11.7 Å². The summed E-state index contributed by atoms with van der Waals surface area (Å²) in [6.07, 6.45) is 5.94. The van der Waals surface area contributed by atoms with Crippen molar-refractivity contribution in [3.05, 3.63) is 29.8 Å². The van der Waals surface area contributed by atoms with Crippen molar-refractivity contribution in [2.75, 3.05) is 25.0 Å². The lowest BCUT2D eigenvalue weighted by Gasteiger charge is -2.25. The van der Waals surface area contributed by atoms with Crippen molar-refractivity contribution >= 4 is 17.4 Å². The zero-order valence-corrected chi connectivity index (χ0v) is 12.7. The Balaban J connectivity index is 1.87. The van der Waals surface area contributed by atoms with Crippen LogP contribution in [0.15, 0.2) is 24.3 Å². The van der Waals surface area contributed by atoms with E-state index in [1.165, 1.54) is 19.3 Å². The molecule has 1 aliphatic rings. The molecule has 4 heteroatoms. The first kappa shape index (κ1) is 15.5. The fourth-order valence-electron chi connectivity index (χ4n) is 2.63. The lowest BCUT2D eigenvalue weighted by Crippen LogP contribution is -2.37. The lowest BCUT2D eigenvalue weighted by atomic mass is 10.1. The van der Waals surface area contributed by atoms with Crippen molar-refractivity contribution in [2.45, 2.75) is 39.0 Å². The van der Waals surface area contributed by atoms with Crippen LogP contribution in [0.2, 0.25) is 0 Å². The van der Waals surface area contributed by atoms with Gasteiger partial charge < -0.3 is 10.2 Å². The first-order valence-corrected chi connectivity index (χ1v) is 7.79. The first-order chi connectivity index (χ1) is 10.2. The summed E-state index contributed by atoms with van der Waals surface area (Å²) in [4.78, 5) is 25.6. The van der Waals surface area contributed by atoms with E-state index in [2.05, 4.69) is 5.32 Å². The second-order valence-electron chi connectivity index (χ2n) is 5.64. The normalized spacial score (nSPS) is 16.0. The minimum Gasteiger partial charge on any atom is -0.376 e. The Morgan fingerprint density at radius 3 is 2.43 bits per heavy atom. The lowest BCUT2D eigenvalue weighted by molar-refractivity contribution is -0.129. The highest BCUT2D eigenvalue weighted by Crippen LogP contribution is 2.13. The van der Waals surface area contributed by atoms with Crippen molar-refractivity contribution in [2.24, 2.45) is 0 Å². The van der Waals surface area contributed by atoms with Crippen molar-refractivity contribution in [1.82, 2.24) is 4.90 Å². The van der Waals surface area contributed by atoms with Crippen LogP contribution in [-0.2, 0) is 4.79 Å². The molecule has 0 spiro atoms. The Morgan fingerprint density at radius 2 is 1.76 bits per heavy atom. The van der Waals surface area contributed by atoms with Crippen molar-refractivity contribution in [3.63, 3.8) is 0 Å². The highest BCUT2D eigenvalue weighted by Gasteiger charge is 2.14. The molecule has 21 heavy (non-hydrogen) atoms. The molecular formula is C17H24N2O2. The summed E-state index contributed by atoms with van der Waals surface area (Å²) >= 11 is 0. The quantitative estimate of drug-likeness (QED) is 0.866. The summed E-state index contributed by atoms with van der Waals surface area (Å²) in [6, 6.07) is 7.30. The number of hydrogen-bond acceptors (Lipinski definition) is 3. The van der Waals surface area contributed by atoms with E-state index >= 15 is 0 Å². The molecule has 0 saturated carbocycles. The molecule has 2 rings (SSSR count). The molecule has 0 unspecified atom stereocenters. The van der Waals surface area contributed by atoms with Crippen LogP contribution in [0.4, 0.5) is 5.69 Å². The maximum atomic E-state index is 12.3. The van der Waals surface area contributed by atoms with Gasteiger partial charge in [-0.1, -0.05) is 31.4 Å². The summed E-state index contributed by atoms with van der Waals surface area (Å²) in [5.41, 5.74) is 1.49. The Morgan fingerprint density at radius 1 is 1.10 bits per heavy atom. The number of carbonyl (C=O) groups is 2. The largest absolute Gasteiger partial charge is 0.376 e. The van der Waals surface area contributed by atoms with Crippen LogP contribution >= 0.6 is 0 Å². The zero-order valence-electron chi connectivity index (χ0n) is 12.7. The van der Waals surface area contributed by atoms with Crippen LogP contribution in [0.3, 0.4) is 0 Å². The summed E-state index contributed by atoms with van der Waals surface area (Å²) in [7, 11) is 0. The number of likely N-dealkylation sites (tertiary alicyclic amines) is 1. The monoisotopic (exact) mass is 288 g/mol. The zero-order chi connectivity index (χ0) is 15.1. The average molecular weight is 288 g/mol. The number of nitrogens with zero attached hydrogens (tertiary/aromatic N) is 1. The summed E-state index contributed by atoms with van der Waals surface area (Å²) in [5.74, 6) is 0.180. The van der Waals surface area contributed by atoms with Crippen molar-refractivity contribution in [3.8, 4) is 0 Å². The number of hydrogen-bond donors (Lipinski definition) is 1. The number of rotatable bonds is 4. The van der Waals surface area contributed by atoms with Gasteiger partial charge in [-0.25, -0.2) is 0 Å². The van der Waals surface area contributed by atoms with E-state index in [0.717, 1.165) is 31.6 Å². The van der Waals surface area contributed by atoms with Gasteiger partial charge in [0.05, 0.1) is 6.54 Å². The molecule has 1 aromatic carbocycles. The number of carbonyl (C=O) groups excluding carboxylic acids is 2. The van der Waals surface area contributed by atoms with Crippen molar-refractivity contribution in [1.29, 1.82) is 0 Å². The maximum absolute atomic E-state index is 12.3. The van der Waals surface area contributed by atoms with Gasteiger partial charge in [-0.3, -0.25) is 9.59 Å². The Labute approximate surface area is 126 Å². The van der Waals surface area contributed by atoms with Crippen LogP contribution < -0.4 is 5.32 Å². The molecule has 0 radical (unpaired) electrons. The molecular weight excluding hydrogens is 264 g/mol. The molecule has 0 bridgehead atoms. The molecule has 114 valence electrons. The predicted molar refractivity (Wildman–Crippen MR) is 84.6 cm³/mol. The van der Waals surface area contributed by atoms with E-state index in [1.807, 2.05) is 17.0 Å². The first-order valence-electron chi connectivity index (χ1n) is 7.79. The van der Waals surface area contributed by atoms with Crippen LogP contribution in [0.1, 0.15) is 49.4 Å². The fraction of sp³-hybridized carbons (Fsp3) is 0.529. The SMILES string of the molecule is CC(=O)c1cccc(NCC(=O)N2CCCCCCC2)c1. The van der Waals surface area contributed by atoms with Gasteiger partial charge >= 0.3 is 0 Å². The highest BCUT2D eigenvalue weighted by atomic mass is 16.2. The van der Waals surface area contributed by atoms with Crippen LogP contribution in [0, 0.1) is 0 Å². The number of anilines is 1. The summed E-state index contributed by atoms with van der Waals surface area (Å²) < 4.78 is 0. The van der Waals surface area contributed by atoms with Gasteiger partial charge in [0.25, 0.3) is 0 Å². The van der Waals surface area contributed by atoms with Crippen LogP contribution in [0.25, 0.3) is 0 Å². The molecule has 0 atom stereocenters. The molecule has 4 nitrogen and oxygen atoms in total. The maximum Gasteiger partial charge on any atom is 0.241 e. The number of benzene rings is 1. The summed E-state index contributed by atoms with van der Waals surface area (Å²) in [6.45, 7) is 3.58. The van der Waals surface area contributed by atoms with E-state index in [9.17, 15) is 9.59 Å². The molecule has 1 amide bonds. The number of ketones is 1. The minimum atomic E-state index is 0.0359. The van der Waals surface area contributed by atoms with Gasteiger partial charge in [0.1, 0.15) is 0 Å². The van der Waals surface area contributed by atoms with Gasteiger partial charge in [0.15, 0.2) is 5.78 Å². The second-order valence-corrected chi connectivity index (χ2v) is 5.64. The highest BCUT2D eigenvalue weighted by molar-refractivity contribution is 5.95. The number of nitrogens with one attached hydrogen (secondary N) is 1. The third-order valence-electron chi connectivity index (χ3n) is 3.92. The molecule has 1 N–H and O–H groups in total. The van der Waals surface area contributed by atoms with Gasteiger partial charge in [0.2, 0.25) is 5.91 Å². The van der Waals surface area contributed by atoms with Crippen LogP contribution in [0.5, 0.6) is 0 Å². The minimum absolute atomic E-state index is 0.0359. The van der Waals surface area contributed by atoms with E-state index in [4.69, 9.17) is 0 Å². The van der Waals surface area contributed by atoms with Crippen LogP contribution in [-0.4, -0.2) is 36.2 Å². The fourth-order valence-corrected chi connectivity index (χ4v) is 2.63. The molecule has 0 aromatic heterocycles. The molecule has 1 heterocycles.